The highest BCUT2D eigenvalue weighted by atomic mass is 35.5. The topological polar surface area (TPSA) is 67.4 Å². The third-order valence-corrected chi connectivity index (χ3v) is 3.38. The van der Waals surface area contributed by atoms with Gasteiger partial charge in [-0.2, -0.15) is 0 Å². The van der Waals surface area contributed by atoms with Crippen LogP contribution in [0.2, 0.25) is 5.02 Å². The van der Waals surface area contributed by atoms with Crippen molar-refractivity contribution >= 4 is 23.6 Å². The minimum absolute atomic E-state index is 0.296. The molecule has 0 aliphatic carbocycles. The normalized spacial score (nSPS) is 13.2. The average molecular weight is 341 g/mol. The summed E-state index contributed by atoms with van der Waals surface area (Å²) in [4.78, 5) is 24.0. The summed E-state index contributed by atoms with van der Waals surface area (Å²) in [7, 11) is 0. The summed E-state index contributed by atoms with van der Waals surface area (Å²) in [6, 6.07) is 6.54. The van der Waals surface area contributed by atoms with Crippen LogP contribution in [0.5, 0.6) is 0 Å². The average Bonchev–Trinajstić information content (AvgIpc) is 2.36. The Morgan fingerprint density at radius 2 is 1.61 bits per heavy atom. The number of hydrogen-bond acceptors (Lipinski definition) is 3. The highest BCUT2D eigenvalue weighted by molar-refractivity contribution is 6.30. The lowest BCUT2D eigenvalue weighted by Gasteiger charge is -2.29. The molecule has 0 saturated heterocycles. The van der Waals surface area contributed by atoms with Crippen LogP contribution in [0.1, 0.15) is 47.1 Å². The number of carbonyl (C=O) groups excluding carboxylic acids is 2. The van der Waals surface area contributed by atoms with Crippen molar-refractivity contribution in [3.8, 4) is 0 Å². The number of amides is 2. The highest BCUT2D eigenvalue weighted by Crippen LogP contribution is 2.22. The van der Waals surface area contributed by atoms with Crippen molar-refractivity contribution in [1.29, 1.82) is 0 Å². The van der Waals surface area contributed by atoms with Crippen molar-refractivity contribution in [3.05, 3.63) is 34.9 Å². The zero-order valence-electron chi connectivity index (χ0n) is 14.5. The van der Waals surface area contributed by atoms with Crippen molar-refractivity contribution in [2.24, 2.45) is 0 Å². The van der Waals surface area contributed by atoms with Crippen LogP contribution in [0.25, 0.3) is 0 Å². The van der Waals surface area contributed by atoms with Crippen LogP contribution in [0.15, 0.2) is 24.3 Å². The van der Waals surface area contributed by atoms with E-state index in [2.05, 4.69) is 10.6 Å². The number of rotatable bonds is 4. The number of carbonyl (C=O) groups is 2. The minimum Gasteiger partial charge on any atom is -0.444 e. The van der Waals surface area contributed by atoms with Gasteiger partial charge in [-0.25, -0.2) is 4.79 Å². The molecule has 1 aromatic carbocycles. The quantitative estimate of drug-likeness (QED) is 0.879. The molecule has 2 amide bonds. The molecule has 0 aliphatic heterocycles. The molecule has 5 nitrogen and oxygen atoms in total. The zero-order valence-corrected chi connectivity index (χ0v) is 15.2. The summed E-state index contributed by atoms with van der Waals surface area (Å²) in [6.45, 7) is 10.7. The lowest BCUT2D eigenvalue weighted by Crippen LogP contribution is -2.51. The number of halogens is 1. The Bertz CT molecular complexity index is 562. The van der Waals surface area contributed by atoms with Crippen molar-refractivity contribution in [1.82, 2.24) is 10.6 Å². The molecule has 0 aliphatic rings. The van der Waals surface area contributed by atoms with Gasteiger partial charge in [-0.15, -0.1) is 0 Å². The van der Waals surface area contributed by atoms with Crippen LogP contribution in [-0.2, 0) is 15.1 Å². The van der Waals surface area contributed by atoms with E-state index in [1.54, 1.807) is 39.8 Å². The Labute approximate surface area is 142 Å². The first kappa shape index (κ1) is 19.3. The molecular formula is C17H25ClN2O3. The third kappa shape index (κ3) is 6.48. The van der Waals surface area contributed by atoms with Gasteiger partial charge in [-0.1, -0.05) is 23.7 Å². The summed E-state index contributed by atoms with van der Waals surface area (Å²) < 4.78 is 5.14. The maximum Gasteiger partial charge on any atom is 0.408 e. The largest absolute Gasteiger partial charge is 0.444 e. The van der Waals surface area contributed by atoms with E-state index in [4.69, 9.17) is 16.3 Å². The van der Waals surface area contributed by atoms with Gasteiger partial charge in [0.1, 0.15) is 11.6 Å². The first-order valence-electron chi connectivity index (χ1n) is 7.48. The third-order valence-electron chi connectivity index (χ3n) is 3.13. The number of nitrogens with one attached hydrogen (secondary N) is 2. The Balaban J connectivity index is 2.66. The molecular weight excluding hydrogens is 316 g/mol. The lowest BCUT2D eigenvalue weighted by atomic mass is 9.94. The maximum atomic E-state index is 12.3. The van der Waals surface area contributed by atoms with E-state index in [0.717, 1.165) is 5.56 Å². The molecule has 0 spiro atoms. The van der Waals surface area contributed by atoms with E-state index < -0.39 is 23.3 Å². The Hall–Kier alpha value is -1.75. The van der Waals surface area contributed by atoms with E-state index in [1.807, 2.05) is 26.0 Å². The molecule has 23 heavy (non-hydrogen) atoms. The number of alkyl carbamates (subject to hydrolysis) is 1. The molecule has 0 bridgehead atoms. The zero-order chi connectivity index (χ0) is 17.8. The molecule has 128 valence electrons. The van der Waals surface area contributed by atoms with Crippen LogP contribution >= 0.6 is 11.6 Å². The van der Waals surface area contributed by atoms with Crippen LogP contribution in [0.4, 0.5) is 4.79 Å². The fraction of sp³-hybridized carbons (Fsp3) is 0.529. The Kier molecular flexibility index (Phi) is 6.05. The second-order valence-electron chi connectivity index (χ2n) is 6.99. The molecule has 1 atom stereocenters. The predicted octanol–water partition coefficient (Wildman–Crippen LogP) is 3.60. The molecule has 6 heteroatoms. The summed E-state index contributed by atoms with van der Waals surface area (Å²) in [5, 5.41) is 6.07. The second-order valence-corrected chi connectivity index (χ2v) is 7.43. The second kappa shape index (κ2) is 7.21. The molecule has 0 radical (unpaired) electrons. The first-order chi connectivity index (χ1) is 10.4. The summed E-state index contributed by atoms with van der Waals surface area (Å²) in [5.41, 5.74) is -0.284. The summed E-state index contributed by atoms with van der Waals surface area (Å²) in [5.74, 6) is -0.296. The Morgan fingerprint density at radius 1 is 1.09 bits per heavy atom. The molecule has 1 aromatic rings. The van der Waals surface area contributed by atoms with Crippen LogP contribution < -0.4 is 10.6 Å². The van der Waals surface area contributed by atoms with Crippen molar-refractivity contribution in [3.63, 3.8) is 0 Å². The van der Waals surface area contributed by atoms with Crippen LogP contribution in [0, 0.1) is 0 Å². The van der Waals surface area contributed by atoms with E-state index in [0.29, 0.717) is 5.02 Å². The molecule has 0 saturated carbocycles. The fourth-order valence-corrected chi connectivity index (χ4v) is 2.03. The van der Waals surface area contributed by atoms with Crippen molar-refractivity contribution < 1.29 is 14.3 Å². The molecule has 0 unspecified atom stereocenters. The summed E-state index contributed by atoms with van der Waals surface area (Å²) in [6.07, 6.45) is -0.621. The number of ether oxygens (including phenoxy) is 1. The Morgan fingerprint density at radius 3 is 2.09 bits per heavy atom. The first-order valence-corrected chi connectivity index (χ1v) is 7.86. The van der Waals surface area contributed by atoms with Crippen LogP contribution in [0.3, 0.4) is 0 Å². The van der Waals surface area contributed by atoms with E-state index in [-0.39, 0.29) is 5.91 Å². The van der Waals surface area contributed by atoms with Gasteiger partial charge in [0.15, 0.2) is 0 Å². The van der Waals surface area contributed by atoms with Crippen molar-refractivity contribution in [2.45, 2.75) is 58.7 Å². The van der Waals surface area contributed by atoms with Gasteiger partial charge < -0.3 is 15.4 Å². The fourth-order valence-electron chi connectivity index (χ4n) is 1.90. The lowest BCUT2D eigenvalue weighted by molar-refractivity contribution is -0.124. The van der Waals surface area contributed by atoms with Gasteiger partial charge in [-0.3, -0.25) is 4.79 Å². The van der Waals surface area contributed by atoms with Gasteiger partial charge in [0.25, 0.3) is 0 Å². The van der Waals surface area contributed by atoms with Gasteiger partial charge >= 0.3 is 6.09 Å². The van der Waals surface area contributed by atoms with E-state index in [9.17, 15) is 9.59 Å². The maximum absolute atomic E-state index is 12.3. The molecule has 1 rings (SSSR count). The van der Waals surface area contributed by atoms with Gasteiger partial charge in [0.2, 0.25) is 5.91 Å². The molecule has 0 heterocycles. The SMILES string of the molecule is C[C@H](NC(=O)OC(C)(C)C)C(=O)NC(C)(C)c1ccc(Cl)cc1. The van der Waals surface area contributed by atoms with Crippen molar-refractivity contribution in [2.75, 3.05) is 0 Å². The molecule has 0 aromatic heterocycles. The van der Waals surface area contributed by atoms with Gasteiger partial charge in [-0.05, 0) is 59.2 Å². The van der Waals surface area contributed by atoms with Gasteiger partial charge in [0, 0.05) is 5.02 Å². The van der Waals surface area contributed by atoms with E-state index in [1.165, 1.54) is 0 Å². The highest BCUT2D eigenvalue weighted by Gasteiger charge is 2.27. The molecule has 0 fully saturated rings. The van der Waals surface area contributed by atoms with Crippen LogP contribution in [-0.4, -0.2) is 23.6 Å². The molecule has 2 N–H and O–H groups in total. The predicted molar refractivity (Wildman–Crippen MR) is 91.5 cm³/mol. The number of hydrogen-bond donors (Lipinski definition) is 2. The minimum atomic E-state index is -0.712. The van der Waals surface area contributed by atoms with E-state index >= 15 is 0 Å². The summed E-state index contributed by atoms with van der Waals surface area (Å²) >= 11 is 5.88. The monoisotopic (exact) mass is 340 g/mol. The van der Waals surface area contributed by atoms with Gasteiger partial charge in [0.05, 0.1) is 5.54 Å². The smallest absolute Gasteiger partial charge is 0.408 e. The standard InChI is InChI=1S/C17H25ClN2O3/c1-11(19-15(22)23-16(2,3)4)14(21)20-17(5,6)12-7-9-13(18)10-8-12/h7-11H,1-6H3,(H,19,22)(H,20,21)/t11-/m0/s1. The number of benzene rings is 1.